The van der Waals surface area contributed by atoms with Crippen LogP contribution in [0.5, 0.6) is 11.5 Å². The summed E-state index contributed by atoms with van der Waals surface area (Å²) in [5, 5.41) is 3.99. The van der Waals surface area contributed by atoms with Crippen molar-refractivity contribution in [3.8, 4) is 11.5 Å². The van der Waals surface area contributed by atoms with Crippen LogP contribution < -0.4 is 25.4 Å². The first-order valence-electron chi connectivity index (χ1n) is 12.7. The van der Waals surface area contributed by atoms with E-state index in [1.165, 1.54) is 32.6 Å². The van der Waals surface area contributed by atoms with E-state index >= 15 is 0 Å². The third-order valence-corrected chi connectivity index (χ3v) is 10.6. The van der Waals surface area contributed by atoms with Gasteiger partial charge >= 0.3 is 0 Å². The molecule has 35 heavy (non-hydrogen) atoms. The topological polar surface area (TPSA) is 18.5 Å². The molecule has 2 nitrogen and oxygen atoms in total. The largest absolute Gasteiger partial charge is 0.451 e. The summed E-state index contributed by atoms with van der Waals surface area (Å²) in [7, 11) is -0.746. The zero-order valence-electron chi connectivity index (χ0n) is 20.0. The van der Waals surface area contributed by atoms with Crippen molar-refractivity contribution in [1.82, 2.24) is 0 Å². The maximum Gasteiger partial charge on any atom is 0.257 e. The molecule has 0 unspecified atom stereocenters. The van der Waals surface area contributed by atoms with E-state index in [0.717, 1.165) is 37.2 Å². The highest BCUT2D eigenvalue weighted by molar-refractivity contribution is 7.80. The molecule has 174 valence electrons. The van der Waals surface area contributed by atoms with Crippen LogP contribution in [0.3, 0.4) is 0 Å². The Kier molecular flexibility index (Phi) is 5.00. The molecule has 4 aromatic rings. The predicted molar refractivity (Wildman–Crippen MR) is 144 cm³/mol. The summed E-state index contributed by atoms with van der Waals surface area (Å²) in [6.45, 7) is 2.16. The molecule has 1 saturated carbocycles. The van der Waals surface area contributed by atoms with E-state index in [0.29, 0.717) is 11.8 Å². The Morgan fingerprint density at radius 1 is 0.629 bits per heavy atom. The second-order valence-corrected chi connectivity index (χ2v) is 12.3. The lowest BCUT2D eigenvalue weighted by atomic mass is 9.82. The zero-order chi connectivity index (χ0) is 23.4. The average Bonchev–Trinajstić information content (AvgIpc) is 3.26. The number of hydrogen-bond donors (Lipinski definition) is 0. The van der Waals surface area contributed by atoms with Crippen LogP contribution in [0, 0.1) is 18.8 Å². The van der Waals surface area contributed by atoms with E-state index in [4.69, 9.17) is 9.47 Å². The normalized spacial score (nSPS) is 23.9. The average molecular weight is 477 g/mol. The van der Waals surface area contributed by atoms with Gasteiger partial charge in [0.15, 0.2) is 0 Å². The van der Waals surface area contributed by atoms with Gasteiger partial charge in [-0.15, -0.1) is 0 Å². The van der Waals surface area contributed by atoms with Crippen LogP contribution in [-0.2, 0) is 12.8 Å². The summed E-state index contributed by atoms with van der Waals surface area (Å²) < 4.78 is 14.2. The SMILES string of the molecule is Cc1cccc2c1O[C@]13Oc4c(cccc4P(c4ccccc4)c4ccccc4)C[C@H]1CC[C@@H]3C2. The first-order valence-corrected chi connectivity index (χ1v) is 14.1. The molecule has 0 aromatic heterocycles. The second-order valence-electron chi connectivity index (χ2n) is 10.1. The van der Waals surface area contributed by atoms with Gasteiger partial charge in [-0.1, -0.05) is 97.1 Å². The van der Waals surface area contributed by atoms with Gasteiger partial charge in [-0.2, -0.15) is 0 Å². The monoisotopic (exact) mass is 476 g/mol. The van der Waals surface area contributed by atoms with Gasteiger partial charge in [0.1, 0.15) is 11.5 Å². The van der Waals surface area contributed by atoms with E-state index in [1.807, 2.05) is 0 Å². The number of ether oxygens (including phenoxy) is 2. The number of para-hydroxylation sites is 2. The second kappa shape index (κ2) is 8.25. The Morgan fingerprint density at radius 3 is 1.80 bits per heavy atom. The first kappa shape index (κ1) is 21.2. The number of benzene rings is 4. The van der Waals surface area contributed by atoms with Gasteiger partial charge in [0, 0.05) is 17.1 Å². The Morgan fingerprint density at radius 2 is 1.17 bits per heavy atom. The van der Waals surface area contributed by atoms with E-state index in [-0.39, 0.29) is 0 Å². The van der Waals surface area contributed by atoms with Crippen LogP contribution in [0.15, 0.2) is 97.1 Å². The highest BCUT2D eigenvalue weighted by Gasteiger charge is 2.59. The van der Waals surface area contributed by atoms with Crippen LogP contribution in [-0.4, -0.2) is 5.79 Å². The Bertz CT molecular complexity index is 1340. The molecule has 3 aliphatic rings. The van der Waals surface area contributed by atoms with Crippen molar-refractivity contribution < 1.29 is 9.47 Å². The van der Waals surface area contributed by atoms with Gasteiger partial charge in [-0.05, 0) is 67.8 Å². The first-order chi connectivity index (χ1) is 17.2. The summed E-state index contributed by atoms with van der Waals surface area (Å²) in [4.78, 5) is 0. The number of aryl methyl sites for hydroxylation is 1. The van der Waals surface area contributed by atoms with Crippen LogP contribution in [0.25, 0.3) is 0 Å². The Labute approximate surface area is 208 Å². The molecule has 1 spiro atoms. The molecule has 3 heteroatoms. The predicted octanol–water partition coefficient (Wildman–Crippen LogP) is 6.05. The van der Waals surface area contributed by atoms with Crippen LogP contribution in [0.2, 0.25) is 0 Å². The molecule has 1 fully saturated rings. The standard InChI is InChI=1S/C32H29O2P/c1-22-10-8-11-23-20-25-18-19-26-21-24-12-9-17-29(31(24)34-32(25,26)33-30(22)23)35(27-13-4-2-5-14-27)28-15-6-3-7-16-28/h2-17,25-26H,18-21H2,1H3/t25-,26-,32-/m1/s1. The van der Waals surface area contributed by atoms with E-state index in [1.54, 1.807) is 0 Å². The summed E-state index contributed by atoms with van der Waals surface area (Å²) in [6, 6.07) is 35.2. The molecule has 0 N–H and O–H groups in total. The summed E-state index contributed by atoms with van der Waals surface area (Å²) in [5.41, 5.74) is 3.87. The van der Waals surface area contributed by atoms with Gasteiger partial charge in [0.2, 0.25) is 0 Å². The molecule has 7 rings (SSSR count). The van der Waals surface area contributed by atoms with Crippen molar-refractivity contribution in [1.29, 1.82) is 0 Å². The van der Waals surface area contributed by atoms with Crippen molar-refractivity contribution in [3.05, 3.63) is 114 Å². The molecule has 1 aliphatic carbocycles. The van der Waals surface area contributed by atoms with Crippen molar-refractivity contribution in [2.45, 2.75) is 38.4 Å². The van der Waals surface area contributed by atoms with Crippen LogP contribution in [0.1, 0.15) is 29.5 Å². The lowest BCUT2D eigenvalue weighted by Gasteiger charge is -2.47. The van der Waals surface area contributed by atoms with Crippen molar-refractivity contribution in [2.75, 3.05) is 0 Å². The molecule has 4 aromatic carbocycles. The fraction of sp³-hybridized carbons (Fsp3) is 0.250. The van der Waals surface area contributed by atoms with Gasteiger partial charge in [0.05, 0.1) is 0 Å². The van der Waals surface area contributed by atoms with Crippen LogP contribution in [0.4, 0.5) is 0 Å². The smallest absolute Gasteiger partial charge is 0.257 e. The summed E-state index contributed by atoms with van der Waals surface area (Å²) in [6.07, 6.45) is 4.38. The Hall–Kier alpha value is -3.09. The lowest BCUT2D eigenvalue weighted by Crippen LogP contribution is -2.56. The molecule has 0 saturated heterocycles. The minimum atomic E-state index is -0.746. The maximum absolute atomic E-state index is 7.21. The molecule has 0 radical (unpaired) electrons. The van der Waals surface area contributed by atoms with Gasteiger partial charge in [-0.3, -0.25) is 0 Å². The summed E-state index contributed by atoms with van der Waals surface area (Å²) in [5.74, 6) is 2.33. The van der Waals surface area contributed by atoms with E-state index < -0.39 is 13.7 Å². The highest BCUT2D eigenvalue weighted by Crippen LogP contribution is 2.55. The van der Waals surface area contributed by atoms with Gasteiger partial charge in [0.25, 0.3) is 5.79 Å². The molecular formula is C32H29O2P. The molecule has 2 heterocycles. The fourth-order valence-corrected chi connectivity index (χ4v) is 8.88. The van der Waals surface area contributed by atoms with Crippen molar-refractivity contribution in [3.63, 3.8) is 0 Å². The quantitative estimate of drug-likeness (QED) is 0.336. The number of rotatable bonds is 3. The molecule has 2 aliphatic heterocycles. The number of hydrogen-bond acceptors (Lipinski definition) is 2. The van der Waals surface area contributed by atoms with Crippen LogP contribution >= 0.6 is 7.92 Å². The van der Waals surface area contributed by atoms with E-state index in [9.17, 15) is 0 Å². The third kappa shape index (κ3) is 3.34. The van der Waals surface area contributed by atoms with E-state index in [2.05, 4.69) is 104 Å². The molecule has 3 atom stereocenters. The molecule has 0 bridgehead atoms. The Balaban J connectivity index is 1.38. The summed E-state index contributed by atoms with van der Waals surface area (Å²) >= 11 is 0. The van der Waals surface area contributed by atoms with Gasteiger partial charge < -0.3 is 9.47 Å². The maximum atomic E-state index is 7.21. The number of fused-ring (bicyclic) bond motifs is 2. The minimum Gasteiger partial charge on any atom is -0.451 e. The highest BCUT2D eigenvalue weighted by atomic mass is 31.1. The molecule has 0 amide bonds. The van der Waals surface area contributed by atoms with Crippen molar-refractivity contribution in [2.24, 2.45) is 11.8 Å². The zero-order valence-corrected chi connectivity index (χ0v) is 20.9. The third-order valence-electron chi connectivity index (χ3n) is 8.10. The van der Waals surface area contributed by atoms with Gasteiger partial charge in [-0.25, -0.2) is 0 Å². The fourth-order valence-electron chi connectivity index (χ4n) is 6.46. The minimum absolute atomic E-state index is 0.391. The molecular weight excluding hydrogens is 447 g/mol. The lowest BCUT2D eigenvalue weighted by molar-refractivity contribution is -0.186. The van der Waals surface area contributed by atoms with Crippen molar-refractivity contribution >= 4 is 23.8 Å².